The van der Waals surface area contributed by atoms with Crippen LogP contribution in [-0.4, -0.2) is 11.1 Å². The first-order chi connectivity index (χ1) is 9.50. The standard InChI is InChI=1S/C18H24O2/c1-18(2)15-9-7-12-5-3-4-6-13(12)11-14(15)8-10-16(18)17(19)20/h3-6,14-16H,7-11H2,1-2H3,(H,19,20). The van der Waals surface area contributed by atoms with Crippen LogP contribution in [0.1, 0.15) is 44.2 Å². The quantitative estimate of drug-likeness (QED) is 0.841. The van der Waals surface area contributed by atoms with Crippen LogP contribution in [0.3, 0.4) is 0 Å². The number of hydrogen-bond donors (Lipinski definition) is 1. The molecular weight excluding hydrogens is 248 g/mol. The van der Waals surface area contributed by atoms with Crippen molar-refractivity contribution >= 4 is 5.97 Å². The van der Waals surface area contributed by atoms with Crippen molar-refractivity contribution in [3.8, 4) is 0 Å². The predicted octanol–water partition coefficient (Wildman–Crippen LogP) is 3.93. The molecule has 0 radical (unpaired) electrons. The summed E-state index contributed by atoms with van der Waals surface area (Å²) in [7, 11) is 0. The molecule has 1 N–H and O–H groups in total. The first kappa shape index (κ1) is 13.7. The smallest absolute Gasteiger partial charge is 0.307 e. The molecule has 1 fully saturated rings. The molecule has 0 saturated heterocycles. The van der Waals surface area contributed by atoms with Crippen LogP contribution in [0.15, 0.2) is 24.3 Å². The fourth-order valence-electron chi connectivity index (χ4n) is 4.71. The Kier molecular flexibility index (Phi) is 3.35. The van der Waals surface area contributed by atoms with E-state index in [4.69, 9.17) is 0 Å². The van der Waals surface area contributed by atoms with E-state index in [0.29, 0.717) is 11.8 Å². The van der Waals surface area contributed by atoms with Gasteiger partial charge in [0.15, 0.2) is 0 Å². The molecule has 0 aromatic heterocycles. The summed E-state index contributed by atoms with van der Waals surface area (Å²) in [5, 5.41) is 9.51. The number of carboxylic acid groups (broad SMARTS) is 1. The van der Waals surface area contributed by atoms with Crippen LogP contribution in [0.5, 0.6) is 0 Å². The van der Waals surface area contributed by atoms with Crippen molar-refractivity contribution in [2.45, 2.75) is 46.0 Å². The molecule has 1 aromatic carbocycles. The van der Waals surface area contributed by atoms with Crippen LogP contribution in [0, 0.1) is 23.2 Å². The Hall–Kier alpha value is -1.31. The first-order valence-corrected chi connectivity index (χ1v) is 7.79. The van der Waals surface area contributed by atoms with Crippen molar-refractivity contribution in [1.29, 1.82) is 0 Å². The number of hydrogen-bond acceptors (Lipinski definition) is 1. The van der Waals surface area contributed by atoms with E-state index in [0.717, 1.165) is 32.1 Å². The summed E-state index contributed by atoms with van der Waals surface area (Å²) >= 11 is 0. The zero-order chi connectivity index (χ0) is 14.3. The molecule has 3 atom stereocenters. The maximum Gasteiger partial charge on any atom is 0.307 e. The van der Waals surface area contributed by atoms with E-state index in [9.17, 15) is 9.90 Å². The van der Waals surface area contributed by atoms with Crippen LogP contribution < -0.4 is 0 Å². The molecular formula is C18H24O2. The van der Waals surface area contributed by atoms with Gasteiger partial charge >= 0.3 is 5.97 Å². The van der Waals surface area contributed by atoms with E-state index in [2.05, 4.69) is 38.1 Å². The number of aryl methyl sites for hydroxylation is 1. The molecule has 2 aliphatic rings. The number of carboxylic acids is 1. The molecule has 0 aliphatic heterocycles. The summed E-state index contributed by atoms with van der Waals surface area (Å²) in [4.78, 5) is 11.5. The third kappa shape index (κ3) is 2.15. The average Bonchev–Trinajstić information content (AvgIpc) is 2.57. The molecule has 1 saturated carbocycles. The highest BCUT2D eigenvalue weighted by Crippen LogP contribution is 2.52. The van der Waals surface area contributed by atoms with Crippen LogP contribution in [0.4, 0.5) is 0 Å². The van der Waals surface area contributed by atoms with E-state index in [1.165, 1.54) is 11.1 Å². The number of aliphatic carboxylic acids is 1. The maximum absolute atomic E-state index is 11.5. The molecule has 0 spiro atoms. The highest BCUT2D eigenvalue weighted by Gasteiger charge is 2.48. The normalized spacial score (nSPS) is 31.8. The van der Waals surface area contributed by atoms with Crippen molar-refractivity contribution in [3.05, 3.63) is 35.4 Å². The summed E-state index contributed by atoms with van der Waals surface area (Å²) in [6, 6.07) is 8.76. The second-order valence-electron chi connectivity index (χ2n) is 7.17. The van der Waals surface area contributed by atoms with E-state index < -0.39 is 5.97 Å². The van der Waals surface area contributed by atoms with Gasteiger partial charge in [-0.05, 0) is 60.5 Å². The summed E-state index contributed by atoms with van der Waals surface area (Å²) in [6.07, 6.45) is 5.28. The van der Waals surface area contributed by atoms with Gasteiger partial charge in [-0.25, -0.2) is 0 Å². The maximum atomic E-state index is 11.5. The molecule has 2 aliphatic carbocycles. The Morgan fingerprint density at radius 3 is 2.55 bits per heavy atom. The molecule has 108 valence electrons. The fourth-order valence-corrected chi connectivity index (χ4v) is 4.71. The minimum Gasteiger partial charge on any atom is -0.481 e. The lowest BCUT2D eigenvalue weighted by atomic mass is 9.57. The SMILES string of the molecule is CC1(C)C(C(=O)O)CCC2Cc3ccccc3CCC21. The van der Waals surface area contributed by atoms with Gasteiger partial charge in [0.1, 0.15) is 0 Å². The summed E-state index contributed by atoms with van der Waals surface area (Å²) in [5.41, 5.74) is 2.88. The van der Waals surface area contributed by atoms with Gasteiger partial charge in [0.25, 0.3) is 0 Å². The first-order valence-electron chi connectivity index (χ1n) is 7.79. The summed E-state index contributed by atoms with van der Waals surface area (Å²) < 4.78 is 0. The van der Waals surface area contributed by atoms with Crippen LogP contribution >= 0.6 is 0 Å². The topological polar surface area (TPSA) is 37.3 Å². The zero-order valence-electron chi connectivity index (χ0n) is 12.4. The van der Waals surface area contributed by atoms with Crippen molar-refractivity contribution in [2.24, 2.45) is 23.2 Å². The van der Waals surface area contributed by atoms with Gasteiger partial charge in [0.2, 0.25) is 0 Å². The monoisotopic (exact) mass is 272 g/mol. The lowest BCUT2D eigenvalue weighted by Gasteiger charge is -2.47. The minimum absolute atomic E-state index is 0.0865. The summed E-state index contributed by atoms with van der Waals surface area (Å²) in [6.45, 7) is 4.36. The van der Waals surface area contributed by atoms with Gasteiger partial charge in [-0.2, -0.15) is 0 Å². The van der Waals surface area contributed by atoms with Gasteiger partial charge in [0, 0.05) is 0 Å². The Morgan fingerprint density at radius 2 is 1.85 bits per heavy atom. The molecule has 1 aromatic rings. The van der Waals surface area contributed by atoms with Crippen molar-refractivity contribution < 1.29 is 9.90 Å². The highest BCUT2D eigenvalue weighted by molar-refractivity contribution is 5.71. The number of carbonyl (C=O) groups is 1. The Labute approximate surface area is 121 Å². The van der Waals surface area contributed by atoms with Crippen molar-refractivity contribution in [1.82, 2.24) is 0 Å². The zero-order valence-corrected chi connectivity index (χ0v) is 12.4. The van der Waals surface area contributed by atoms with Crippen LogP contribution in [0.2, 0.25) is 0 Å². The second-order valence-corrected chi connectivity index (χ2v) is 7.17. The van der Waals surface area contributed by atoms with Crippen molar-refractivity contribution in [2.75, 3.05) is 0 Å². The predicted molar refractivity (Wildman–Crippen MR) is 79.6 cm³/mol. The van der Waals surface area contributed by atoms with Crippen LogP contribution in [-0.2, 0) is 17.6 Å². The molecule has 2 nitrogen and oxygen atoms in total. The molecule has 0 bridgehead atoms. The van der Waals surface area contributed by atoms with Gasteiger partial charge in [-0.15, -0.1) is 0 Å². The van der Waals surface area contributed by atoms with Gasteiger partial charge in [-0.3, -0.25) is 4.79 Å². The minimum atomic E-state index is -0.602. The lowest BCUT2D eigenvalue weighted by molar-refractivity contribution is -0.151. The molecule has 2 heteroatoms. The highest BCUT2D eigenvalue weighted by atomic mass is 16.4. The van der Waals surface area contributed by atoms with Gasteiger partial charge in [-0.1, -0.05) is 38.1 Å². The van der Waals surface area contributed by atoms with Gasteiger partial charge < -0.3 is 5.11 Å². The van der Waals surface area contributed by atoms with Gasteiger partial charge in [0.05, 0.1) is 5.92 Å². The lowest BCUT2D eigenvalue weighted by Crippen LogP contribution is -2.45. The number of fused-ring (bicyclic) bond motifs is 2. The van der Waals surface area contributed by atoms with Crippen LogP contribution in [0.25, 0.3) is 0 Å². The van der Waals surface area contributed by atoms with E-state index in [-0.39, 0.29) is 11.3 Å². The number of benzene rings is 1. The average molecular weight is 272 g/mol. The third-order valence-corrected chi connectivity index (χ3v) is 5.87. The second kappa shape index (κ2) is 4.91. The number of rotatable bonds is 1. The van der Waals surface area contributed by atoms with E-state index in [1.54, 1.807) is 0 Å². The Bertz CT molecular complexity index is 518. The largest absolute Gasteiger partial charge is 0.481 e. The Morgan fingerprint density at radius 1 is 1.15 bits per heavy atom. The molecule has 0 heterocycles. The van der Waals surface area contributed by atoms with Crippen molar-refractivity contribution in [3.63, 3.8) is 0 Å². The van der Waals surface area contributed by atoms with E-state index in [1.807, 2.05) is 0 Å². The fraction of sp³-hybridized carbons (Fsp3) is 0.611. The third-order valence-electron chi connectivity index (χ3n) is 5.87. The molecule has 3 unspecified atom stereocenters. The molecule has 0 amide bonds. The summed E-state index contributed by atoms with van der Waals surface area (Å²) in [5.74, 6) is 0.411. The Balaban J connectivity index is 1.91. The van der Waals surface area contributed by atoms with E-state index >= 15 is 0 Å². The molecule has 20 heavy (non-hydrogen) atoms. The molecule has 3 rings (SSSR count).